The van der Waals surface area contributed by atoms with Gasteiger partial charge in [0.1, 0.15) is 11.6 Å². The predicted molar refractivity (Wildman–Crippen MR) is 134 cm³/mol. The molecule has 0 radical (unpaired) electrons. The highest BCUT2D eigenvalue weighted by Gasteiger charge is 2.36. The van der Waals surface area contributed by atoms with E-state index in [1.54, 1.807) is 81.4 Å². The normalized spacial score (nSPS) is 12.8. The first-order valence-corrected chi connectivity index (χ1v) is 11.5. The van der Waals surface area contributed by atoms with E-state index in [2.05, 4.69) is 5.32 Å². The molecule has 0 unspecified atom stereocenters. The maximum atomic E-state index is 13.7. The van der Waals surface area contributed by atoms with Gasteiger partial charge in [0, 0.05) is 5.56 Å². The Morgan fingerprint density at radius 3 is 2.00 bits per heavy atom. The molecule has 0 saturated carbocycles. The van der Waals surface area contributed by atoms with Gasteiger partial charge < -0.3 is 14.8 Å². The van der Waals surface area contributed by atoms with Gasteiger partial charge in [-0.15, -0.1) is 0 Å². The highest BCUT2D eigenvalue weighted by atomic mass is 16.6. The number of benzene rings is 3. The van der Waals surface area contributed by atoms with Crippen molar-refractivity contribution >= 4 is 17.8 Å². The summed E-state index contributed by atoms with van der Waals surface area (Å²) in [6.07, 6.45) is -2.05. The standard InChI is InChI=1S/C29H31NO5/c1-19-14-16-21(17-15-19)24(30-28(33)35-29(3,4)5)26(25(31)22-11-7-6-8-12-22)34-27(32)23-13-9-10-20(2)18-23/h6-18,24,26H,1-5H3,(H,30,33)/t24-,26-/m1/s1. The second-order valence-electron chi connectivity index (χ2n) is 9.46. The SMILES string of the molecule is Cc1ccc([C@@H](NC(=O)OC(C)(C)C)[C@@H](OC(=O)c2cccc(C)c2)C(=O)c2ccccc2)cc1. The Balaban J connectivity index is 2.04. The molecule has 0 aromatic heterocycles. The lowest BCUT2D eigenvalue weighted by Gasteiger charge is -2.29. The van der Waals surface area contributed by atoms with E-state index in [4.69, 9.17) is 9.47 Å². The van der Waals surface area contributed by atoms with Crippen LogP contribution < -0.4 is 5.32 Å². The zero-order valence-electron chi connectivity index (χ0n) is 20.7. The molecule has 0 fully saturated rings. The van der Waals surface area contributed by atoms with E-state index in [0.29, 0.717) is 16.7 Å². The molecule has 6 nitrogen and oxygen atoms in total. The Morgan fingerprint density at radius 2 is 1.40 bits per heavy atom. The number of aryl methyl sites for hydroxylation is 2. The number of rotatable bonds is 7. The van der Waals surface area contributed by atoms with Crippen molar-refractivity contribution in [2.75, 3.05) is 0 Å². The molecule has 6 heteroatoms. The van der Waals surface area contributed by atoms with E-state index in [9.17, 15) is 14.4 Å². The smallest absolute Gasteiger partial charge is 0.408 e. The Kier molecular flexibility index (Phi) is 8.07. The van der Waals surface area contributed by atoms with Crippen LogP contribution in [-0.2, 0) is 9.47 Å². The third-order valence-corrected chi connectivity index (χ3v) is 5.22. The van der Waals surface area contributed by atoms with Gasteiger partial charge in [0.05, 0.1) is 5.56 Å². The van der Waals surface area contributed by atoms with E-state index in [-0.39, 0.29) is 0 Å². The van der Waals surface area contributed by atoms with Crippen molar-refractivity contribution in [3.05, 3.63) is 107 Å². The molecular weight excluding hydrogens is 442 g/mol. The fourth-order valence-corrected chi connectivity index (χ4v) is 3.54. The van der Waals surface area contributed by atoms with Crippen LogP contribution in [0.25, 0.3) is 0 Å². The quantitative estimate of drug-likeness (QED) is 0.337. The number of Topliss-reactive ketones (excluding diaryl/α,β-unsaturated/α-hetero) is 1. The fourth-order valence-electron chi connectivity index (χ4n) is 3.54. The number of carbonyl (C=O) groups excluding carboxylic acids is 3. The Morgan fingerprint density at radius 1 is 0.771 bits per heavy atom. The largest absolute Gasteiger partial charge is 0.448 e. The maximum absolute atomic E-state index is 13.7. The number of carbonyl (C=O) groups is 3. The lowest BCUT2D eigenvalue weighted by molar-refractivity contribution is 0.0149. The van der Waals surface area contributed by atoms with E-state index in [0.717, 1.165) is 11.1 Å². The molecule has 3 rings (SSSR count). The first kappa shape index (κ1) is 25.7. The van der Waals surface area contributed by atoms with Gasteiger partial charge >= 0.3 is 12.1 Å². The molecule has 3 aromatic rings. The minimum absolute atomic E-state index is 0.316. The predicted octanol–water partition coefficient (Wildman–Crippen LogP) is 5.98. The van der Waals surface area contributed by atoms with Gasteiger partial charge in [0.25, 0.3) is 0 Å². The Labute approximate surface area is 206 Å². The second-order valence-corrected chi connectivity index (χ2v) is 9.46. The van der Waals surface area contributed by atoms with Crippen LogP contribution in [0.1, 0.15) is 64.2 Å². The zero-order valence-corrected chi connectivity index (χ0v) is 20.7. The summed E-state index contributed by atoms with van der Waals surface area (Å²) < 4.78 is 11.3. The molecule has 0 aliphatic heterocycles. The first-order chi connectivity index (χ1) is 16.5. The number of amides is 1. The number of nitrogens with one attached hydrogen (secondary N) is 1. The second kappa shape index (κ2) is 11.0. The number of esters is 1. The van der Waals surface area contributed by atoms with Gasteiger partial charge in [-0.05, 0) is 52.3 Å². The van der Waals surface area contributed by atoms with Crippen LogP contribution in [-0.4, -0.2) is 29.6 Å². The monoisotopic (exact) mass is 473 g/mol. The summed E-state index contributed by atoms with van der Waals surface area (Å²) in [4.78, 5) is 39.6. The molecule has 0 aliphatic rings. The van der Waals surface area contributed by atoms with Crippen molar-refractivity contribution in [2.24, 2.45) is 0 Å². The summed E-state index contributed by atoms with van der Waals surface area (Å²) in [5.41, 5.74) is 2.42. The van der Waals surface area contributed by atoms with Crippen molar-refractivity contribution in [3.63, 3.8) is 0 Å². The van der Waals surface area contributed by atoms with Gasteiger partial charge in [-0.3, -0.25) is 4.79 Å². The summed E-state index contributed by atoms with van der Waals surface area (Å²) in [6.45, 7) is 9.04. The fraction of sp³-hybridized carbons (Fsp3) is 0.276. The number of ether oxygens (including phenoxy) is 2. The first-order valence-electron chi connectivity index (χ1n) is 11.5. The van der Waals surface area contributed by atoms with Gasteiger partial charge in [0.15, 0.2) is 6.10 Å². The summed E-state index contributed by atoms with van der Waals surface area (Å²) in [5, 5.41) is 2.77. The summed E-state index contributed by atoms with van der Waals surface area (Å²) in [7, 11) is 0. The van der Waals surface area contributed by atoms with E-state index < -0.39 is 35.6 Å². The number of ketones is 1. The third-order valence-electron chi connectivity index (χ3n) is 5.22. The molecule has 0 heterocycles. The lowest BCUT2D eigenvalue weighted by Crippen LogP contribution is -2.44. The molecule has 0 bridgehead atoms. The lowest BCUT2D eigenvalue weighted by atomic mass is 9.94. The van der Waals surface area contributed by atoms with Gasteiger partial charge in [-0.25, -0.2) is 9.59 Å². The van der Waals surface area contributed by atoms with Gasteiger partial charge in [0.2, 0.25) is 5.78 Å². The molecule has 2 atom stereocenters. The van der Waals surface area contributed by atoms with E-state index in [1.165, 1.54) is 0 Å². The van der Waals surface area contributed by atoms with Crippen molar-refractivity contribution in [1.82, 2.24) is 5.32 Å². The van der Waals surface area contributed by atoms with Gasteiger partial charge in [-0.1, -0.05) is 77.9 Å². The third kappa shape index (κ3) is 7.27. The van der Waals surface area contributed by atoms with Crippen molar-refractivity contribution in [1.29, 1.82) is 0 Å². The summed E-state index contributed by atoms with van der Waals surface area (Å²) in [5.74, 6) is -1.10. The van der Waals surface area contributed by atoms with Crippen LogP contribution in [0.3, 0.4) is 0 Å². The topological polar surface area (TPSA) is 81.7 Å². The van der Waals surface area contributed by atoms with Crippen molar-refractivity contribution in [3.8, 4) is 0 Å². The van der Waals surface area contributed by atoms with Crippen LogP contribution in [0.4, 0.5) is 4.79 Å². The summed E-state index contributed by atoms with van der Waals surface area (Å²) >= 11 is 0. The highest BCUT2D eigenvalue weighted by molar-refractivity contribution is 6.02. The highest BCUT2D eigenvalue weighted by Crippen LogP contribution is 2.25. The zero-order chi connectivity index (χ0) is 25.6. The number of hydrogen-bond donors (Lipinski definition) is 1. The molecule has 1 N–H and O–H groups in total. The minimum Gasteiger partial charge on any atom is -0.448 e. The minimum atomic E-state index is -1.33. The molecule has 0 spiro atoms. The van der Waals surface area contributed by atoms with Crippen LogP contribution in [0.2, 0.25) is 0 Å². The molecule has 0 saturated heterocycles. The number of alkyl carbamates (subject to hydrolysis) is 1. The van der Waals surface area contributed by atoms with Crippen LogP contribution in [0.15, 0.2) is 78.9 Å². The van der Waals surface area contributed by atoms with Gasteiger partial charge in [-0.2, -0.15) is 0 Å². The number of hydrogen-bond acceptors (Lipinski definition) is 5. The van der Waals surface area contributed by atoms with Crippen LogP contribution >= 0.6 is 0 Å². The summed E-state index contributed by atoms with van der Waals surface area (Å²) in [6, 6.07) is 21.8. The Hall–Kier alpha value is -3.93. The molecule has 0 aliphatic carbocycles. The molecule has 3 aromatic carbocycles. The molecule has 35 heavy (non-hydrogen) atoms. The average Bonchev–Trinajstić information content (AvgIpc) is 2.81. The van der Waals surface area contributed by atoms with Crippen LogP contribution in [0.5, 0.6) is 0 Å². The van der Waals surface area contributed by atoms with Crippen LogP contribution in [0, 0.1) is 13.8 Å². The van der Waals surface area contributed by atoms with E-state index in [1.807, 2.05) is 32.0 Å². The molecule has 182 valence electrons. The van der Waals surface area contributed by atoms with Crippen molar-refractivity contribution < 1.29 is 23.9 Å². The van der Waals surface area contributed by atoms with E-state index >= 15 is 0 Å². The average molecular weight is 474 g/mol. The molecular formula is C29H31NO5. The molecule has 1 amide bonds. The van der Waals surface area contributed by atoms with Crippen molar-refractivity contribution in [2.45, 2.75) is 52.4 Å². The Bertz CT molecular complexity index is 1180. The maximum Gasteiger partial charge on any atom is 0.408 e.